The number of nitrogens with zero attached hydrogens (tertiary/aromatic N) is 1. The van der Waals surface area contributed by atoms with Gasteiger partial charge in [-0.1, -0.05) is 42.0 Å². The summed E-state index contributed by atoms with van der Waals surface area (Å²) < 4.78 is 0. The molecule has 1 aliphatic heterocycles. The number of amides is 2. The number of benzene rings is 1. The molecule has 1 heterocycles. The highest BCUT2D eigenvalue weighted by Gasteiger charge is 2.29. The summed E-state index contributed by atoms with van der Waals surface area (Å²) in [4.78, 5) is 27.6. The number of hydroxylamine groups is 2. The van der Waals surface area contributed by atoms with E-state index in [0.717, 1.165) is 10.6 Å². The second-order valence-corrected chi connectivity index (χ2v) is 4.19. The lowest BCUT2D eigenvalue weighted by atomic mass is 10.1. The Hall–Kier alpha value is -1.94. The number of aryl methyl sites for hydroxylation is 1. The molecule has 0 bridgehead atoms. The van der Waals surface area contributed by atoms with Gasteiger partial charge in [-0.05, 0) is 12.5 Å². The highest BCUT2D eigenvalue weighted by molar-refractivity contribution is 6.00. The molecule has 0 atom stereocenters. The molecular weight excluding hydrogens is 230 g/mol. The van der Waals surface area contributed by atoms with E-state index in [-0.39, 0.29) is 31.3 Å². The molecule has 0 spiro atoms. The zero-order chi connectivity index (χ0) is 13.0. The van der Waals surface area contributed by atoms with Gasteiger partial charge in [-0.15, -0.1) is 0 Å². The van der Waals surface area contributed by atoms with Crippen LogP contribution in [0.5, 0.6) is 0 Å². The summed E-state index contributed by atoms with van der Waals surface area (Å²) in [6, 6.07) is 8.04. The SMILES string of the molecule is Cc1ccc(/C=C/CON2C(=O)CCC2=O)cc1. The third kappa shape index (κ3) is 3.05. The first-order valence-corrected chi connectivity index (χ1v) is 5.89. The predicted octanol–water partition coefficient (Wildman–Crippen LogP) is 2.09. The number of hydrogen-bond donors (Lipinski definition) is 0. The fraction of sp³-hybridized carbons (Fsp3) is 0.286. The van der Waals surface area contributed by atoms with Crippen molar-refractivity contribution in [3.63, 3.8) is 0 Å². The van der Waals surface area contributed by atoms with Gasteiger partial charge in [0.25, 0.3) is 11.8 Å². The molecule has 0 radical (unpaired) electrons. The average molecular weight is 245 g/mol. The minimum Gasteiger partial charge on any atom is -0.272 e. The van der Waals surface area contributed by atoms with Gasteiger partial charge in [-0.2, -0.15) is 5.06 Å². The average Bonchev–Trinajstić information content (AvgIpc) is 2.68. The van der Waals surface area contributed by atoms with Crippen LogP contribution in [0, 0.1) is 6.92 Å². The Morgan fingerprint density at radius 2 is 1.78 bits per heavy atom. The molecule has 2 amide bonds. The van der Waals surface area contributed by atoms with E-state index in [4.69, 9.17) is 4.84 Å². The van der Waals surface area contributed by atoms with Crippen molar-refractivity contribution >= 4 is 17.9 Å². The zero-order valence-electron chi connectivity index (χ0n) is 10.3. The van der Waals surface area contributed by atoms with Gasteiger partial charge in [0.1, 0.15) is 0 Å². The van der Waals surface area contributed by atoms with Crippen molar-refractivity contribution < 1.29 is 14.4 Å². The van der Waals surface area contributed by atoms with Crippen molar-refractivity contribution in [1.29, 1.82) is 0 Å². The maximum Gasteiger partial charge on any atom is 0.254 e. The first-order valence-electron chi connectivity index (χ1n) is 5.89. The van der Waals surface area contributed by atoms with E-state index in [2.05, 4.69) is 0 Å². The van der Waals surface area contributed by atoms with Gasteiger partial charge < -0.3 is 0 Å². The van der Waals surface area contributed by atoms with E-state index in [1.165, 1.54) is 5.56 Å². The summed E-state index contributed by atoms with van der Waals surface area (Å²) in [7, 11) is 0. The van der Waals surface area contributed by atoms with Crippen LogP contribution in [0.4, 0.5) is 0 Å². The van der Waals surface area contributed by atoms with Crippen molar-refractivity contribution in [1.82, 2.24) is 5.06 Å². The standard InChI is InChI=1S/C14H15NO3/c1-11-4-6-12(7-5-11)3-2-10-18-15-13(16)8-9-14(15)17/h2-7H,8-10H2,1H3/b3-2+. The highest BCUT2D eigenvalue weighted by Crippen LogP contribution is 2.12. The molecule has 0 unspecified atom stereocenters. The van der Waals surface area contributed by atoms with Gasteiger partial charge in [-0.25, -0.2) is 0 Å². The Balaban J connectivity index is 1.83. The van der Waals surface area contributed by atoms with Gasteiger partial charge >= 0.3 is 0 Å². The van der Waals surface area contributed by atoms with Gasteiger partial charge in [0.05, 0.1) is 6.61 Å². The highest BCUT2D eigenvalue weighted by atomic mass is 16.7. The van der Waals surface area contributed by atoms with Crippen LogP contribution in [-0.4, -0.2) is 23.5 Å². The Kier molecular flexibility index (Phi) is 3.89. The maximum atomic E-state index is 11.2. The van der Waals surface area contributed by atoms with E-state index in [9.17, 15) is 9.59 Å². The molecule has 2 rings (SSSR count). The fourth-order valence-corrected chi connectivity index (χ4v) is 1.68. The molecule has 1 fully saturated rings. The van der Waals surface area contributed by atoms with Crippen molar-refractivity contribution in [2.75, 3.05) is 6.61 Å². The van der Waals surface area contributed by atoms with E-state index < -0.39 is 0 Å². The van der Waals surface area contributed by atoms with Crippen LogP contribution in [0.15, 0.2) is 30.3 Å². The minimum atomic E-state index is -0.260. The minimum absolute atomic E-state index is 0.214. The molecule has 0 N–H and O–H groups in total. The van der Waals surface area contributed by atoms with Crippen LogP contribution in [0.25, 0.3) is 6.08 Å². The predicted molar refractivity (Wildman–Crippen MR) is 67.3 cm³/mol. The summed E-state index contributed by atoms with van der Waals surface area (Å²) in [6.45, 7) is 2.24. The summed E-state index contributed by atoms with van der Waals surface area (Å²) in [5.74, 6) is -0.521. The molecule has 0 aromatic heterocycles. The number of hydrogen-bond acceptors (Lipinski definition) is 3. The topological polar surface area (TPSA) is 46.6 Å². The second-order valence-electron chi connectivity index (χ2n) is 4.19. The van der Waals surface area contributed by atoms with Crippen LogP contribution < -0.4 is 0 Å². The van der Waals surface area contributed by atoms with E-state index in [1.807, 2.05) is 37.3 Å². The summed E-state index contributed by atoms with van der Waals surface area (Å²) in [5, 5.41) is 0.861. The molecule has 1 aromatic carbocycles. The number of rotatable bonds is 4. The van der Waals surface area contributed by atoms with Gasteiger partial charge in [0, 0.05) is 12.8 Å². The largest absolute Gasteiger partial charge is 0.272 e. The van der Waals surface area contributed by atoms with E-state index in [1.54, 1.807) is 6.08 Å². The number of carbonyl (C=O) groups excluding carboxylic acids is 2. The number of carbonyl (C=O) groups is 2. The van der Waals surface area contributed by atoms with Crippen molar-refractivity contribution in [3.05, 3.63) is 41.5 Å². The lowest BCUT2D eigenvalue weighted by Crippen LogP contribution is -2.29. The van der Waals surface area contributed by atoms with Gasteiger partial charge in [-0.3, -0.25) is 14.4 Å². The third-order valence-electron chi connectivity index (χ3n) is 2.69. The van der Waals surface area contributed by atoms with Crippen LogP contribution in [-0.2, 0) is 14.4 Å². The molecular formula is C14H15NO3. The Morgan fingerprint density at radius 3 is 2.39 bits per heavy atom. The summed E-state index contributed by atoms with van der Waals surface area (Å²) in [5.41, 5.74) is 2.26. The Labute approximate surface area is 106 Å². The first-order chi connectivity index (χ1) is 8.66. The van der Waals surface area contributed by atoms with Crippen molar-refractivity contribution in [2.24, 2.45) is 0 Å². The molecule has 4 heteroatoms. The van der Waals surface area contributed by atoms with Crippen LogP contribution in [0.1, 0.15) is 24.0 Å². The Morgan fingerprint density at radius 1 is 1.17 bits per heavy atom. The van der Waals surface area contributed by atoms with Crippen molar-refractivity contribution in [3.8, 4) is 0 Å². The van der Waals surface area contributed by atoms with E-state index in [0.29, 0.717) is 0 Å². The van der Waals surface area contributed by atoms with Crippen LogP contribution >= 0.6 is 0 Å². The molecule has 1 aliphatic rings. The number of imide groups is 1. The lowest BCUT2D eigenvalue weighted by Gasteiger charge is -2.10. The summed E-state index contributed by atoms with van der Waals surface area (Å²) in [6.07, 6.45) is 4.18. The van der Waals surface area contributed by atoms with Crippen molar-refractivity contribution in [2.45, 2.75) is 19.8 Å². The van der Waals surface area contributed by atoms with Gasteiger partial charge in [0.15, 0.2) is 0 Å². The molecule has 0 saturated carbocycles. The van der Waals surface area contributed by atoms with Crippen LogP contribution in [0.2, 0.25) is 0 Å². The molecule has 4 nitrogen and oxygen atoms in total. The summed E-state index contributed by atoms with van der Waals surface area (Å²) >= 11 is 0. The molecule has 0 aliphatic carbocycles. The van der Waals surface area contributed by atoms with Gasteiger partial charge in [0.2, 0.25) is 0 Å². The van der Waals surface area contributed by atoms with Crippen LogP contribution in [0.3, 0.4) is 0 Å². The lowest BCUT2D eigenvalue weighted by molar-refractivity contribution is -0.184. The molecule has 94 valence electrons. The maximum absolute atomic E-state index is 11.2. The Bertz CT molecular complexity index is 460. The normalized spacial score (nSPS) is 15.9. The second kappa shape index (κ2) is 5.60. The molecule has 1 aromatic rings. The smallest absolute Gasteiger partial charge is 0.254 e. The van der Waals surface area contributed by atoms with E-state index >= 15 is 0 Å². The fourth-order valence-electron chi connectivity index (χ4n) is 1.68. The third-order valence-corrected chi connectivity index (χ3v) is 2.69. The first kappa shape index (κ1) is 12.5. The molecule has 18 heavy (non-hydrogen) atoms. The molecule has 1 saturated heterocycles. The monoisotopic (exact) mass is 245 g/mol. The quantitative estimate of drug-likeness (QED) is 0.763. The zero-order valence-corrected chi connectivity index (χ0v) is 10.3.